The Labute approximate surface area is 109 Å². The second kappa shape index (κ2) is 7.58. The first-order valence-electron chi connectivity index (χ1n) is 6.57. The minimum Gasteiger partial charge on any atom is -0.370 e. The largest absolute Gasteiger partial charge is 0.370 e. The summed E-state index contributed by atoms with van der Waals surface area (Å²) in [6.07, 6.45) is 5.97. The fourth-order valence-corrected chi connectivity index (χ4v) is 3.00. The second-order valence-electron chi connectivity index (χ2n) is 4.56. The lowest BCUT2D eigenvalue weighted by molar-refractivity contribution is 0.412. The van der Waals surface area contributed by atoms with Gasteiger partial charge in [0.2, 0.25) is 10.0 Å². The molecule has 0 aromatic rings. The van der Waals surface area contributed by atoms with Crippen LogP contribution in [0, 0.1) is 0 Å². The van der Waals surface area contributed by atoms with Crippen molar-refractivity contribution in [3.8, 4) is 0 Å². The van der Waals surface area contributed by atoms with E-state index in [0.29, 0.717) is 18.5 Å². The Hall–Kier alpha value is -0.820. The van der Waals surface area contributed by atoms with E-state index in [4.69, 9.17) is 5.73 Å². The van der Waals surface area contributed by atoms with Crippen molar-refractivity contribution in [2.45, 2.75) is 45.1 Å². The lowest BCUT2D eigenvalue weighted by Gasteiger charge is -2.23. The molecule has 0 aromatic heterocycles. The van der Waals surface area contributed by atoms with Gasteiger partial charge in [-0.3, -0.25) is 4.99 Å². The highest BCUT2D eigenvalue weighted by Crippen LogP contribution is 2.16. The Morgan fingerprint density at radius 1 is 1.33 bits per heavy atom. The highest BCUT2D eigenvalue weighted by molar-refractivity contribution is 7.89. The molecule has 4 N–H and O–H groups in total. The van der Waals surface area contributed by atoms with Gasteiger partial charge in [-0.25, -0.2) is 13.1 Å². The Bertz CT molecular complexity index is 361. The quantitative estimate of drug-likeness (QED) is 0.475. The number of rotatable bonds is 6. The van der Waals surface area contributed by atoms with Gasteiger partial charge in [-0.15, -0.1) is 0 Å². The highest BCUT2D eigenvalue weighted by Gasteiger charge is 2.13. The first-order valence-corrected chi connectivity index (χ1v) is 8.22. The molecule has 7 heteroatoms. The van der Waals surface area contributed by atoms with Crippen LogP contribution in [0.1, 0.15) is 39.0 Å². The summed E-state index contributed by atoms with van der Waals surface area (Å²) in [6, 6.07) is 0.396. The predicted octanol–water partition coefficient (Wildman–Crippen LogP) is 0.163. The van der Waals surface area contributed by atoms with Gasteiger partial charge in [0.05, 0.1) is 12.3 Å². The lowest BCUT2D eigenvalue weighted by Crippen LogP contribution is -2.41. The summed E-state index contributed by atoms with van der Waals surface area (Å²) < 4.78 is 25.1. The number of sulfonamides is 1. The monoisotopic (exact) mass is 276 g/mol. The van der Waals surface area contributed by atoms with Gasteiger partial charge in [0.25, 0.3) is 0 Å². The molecule has 0 bridgehead atoms. The summed E-state index contributed by atoms with van der Waals surface area (Å²) in [5, 5.41) is 3.15. The van der Waals surface area contributed by atoms with Gasteiger partial charge in [0.1, 0.15) is 0 Å². The average molecular weight is 276 g/mol. The number of guanidine groups is 1. The fourth-order valence-electron chi connectivity index (χ4n) is 2.08. The maximum atomic E-state index is 11.4. The van der Waals surface area contributed by atoms with Crippen LogP contribution in [0.3, 0.4) is 0 Å². The summed E-state index contributed by atoms with van der Waals surface area (Å²) in [5.41, 5.74) is 5.73. The number of nitrogens with zero attached hydrogens (tertiary/aromatic N) is 1. The zero-order chi connectivity index (χ0) is 13.4. The normalized spacial score (nSPS) is 18.8. The van der Waals surface area contributed by atoms with Crippen molar-refractivity contribution in [3.05, 3.63) is 0 Å². The Kier molecular flexibility index (Phi) is 6.42. The summed E-state index contributed by atoms with van der Waals surface area (Å²) >= 11 is 0. The predicted molar refractivity (Wildman–Crippen MR) is 74.0 cm³/mol. The van der Waals surface area contributed by atoms with E-state index in [2.05, 4.69) is 15.0 Å². The van der Waals surface area contributed by atoms with Gasteiger partial charge in [0.15, 0.2) is 5.96 Å². The first-order chi connectivity index (χ1) is 8.53. The molecule has 0 atom stereocenters. The van der Waals surface area contributed by atoms with Crippen LogP contribution in [0.25, 0.3) is 0 Å². The van der Waals surface area contributed by atoms with E-state index < -0.39 is 10.0 Å². The molecular formula is C11H24N4O2S. The van der Waals surface area contributed by atoms with Gasteiger partial charge in [-0.2, -0.15) is 0 Å². The van der Waals surface area contributed by atoms with E-state index in [0.717, 1.165) is 12.8 Å². The van der Waals surface area contributed by atoms with Crippen molar-refractivity contribution in [3.63, 3.8) is 0 Å². The van der Waals surface area contributed by atoms with Crippen molar-refractivity contribution in [1.82, 2.24) is 10.0 Å². The molecule has 1 saturated carbocycles. The summed E-state index contributed by atoms with van der Waals surface area (Å²) in [6.45, 7) is 2.35. The minimum atomic E-state index is -3.20. The third-order valence-electron chi connectivity index (χ3n) is 2.96. The summed E-state index contributed by atoms with van der Waals surface area (Å²) in [7, 11) is -3.20. The van der Waals surface area contributed by atoms with Gasteiger partial charge in [0, 0.05) is 12.6 Å². The Balaban J connectivity index is 2.28. The molecule has 0 aliphatic heterocycles. The van der Waals surface area contributed by atoms with Crippen LogP contribution in [-0.2, 0) is 10.0 Å². The third-order valence-corrected chi connectivity index (χ3v) is 4.41. The molecule has 0 aromatic carbocycles. The van der Waals surface area contributed by atoms with Crippen LogP contribution in [-0.4, -0.2) is 39.3 Å². The van der Waals surface area contributed by atoms with Crippen LogP contribution in [0.4, 0.5) is 0 Å². The second-order valence-corrected chi connectivity index (χ2v) is 6.49. The molecule has 0 radical (unpaired) electrons. The molecule has 0 spiro atoms. The molecule has 1 aliphatic rings. The maximum Gasteiger partial charge on any atom is 0.213 e. The van der Waals surface area contributed by atoms with Crippen LogP contribution in [0.5, 0.6) is 0 Å². The van der Waals surface area contributed by atoms with Crippen molar-refractivity contribution in [2.75, 3.05) is 18.8 Å². The molecule has 0 unspecified atom stereocenters. The molecule has 0 heterocycles. The summed E-state index contributed by atoms with van der Waals surface area (Å²) in [5.74, 6) is 0.335. The molecule has 106 valence electrons. The molecular weight excluding hydrogens is 252 g/mol. The zero-order valence-corrected chi connectivity index (χ0v) is 11.8. The lowest BCUT2D eigenvalue weighted by atomic mass is 9.96. The number of aliphatic imine (C=N–C) groups is 1. The topological polar surface area (TPSA) is 96.6 Å². The van der Waals surface area contributed by atoms with Crippen LogP contribution >= 0.6 is 0 Å². The Morgan fingerprint density at radius 2 is 2.00 bits per heavy atom. The van der Waals surface area contributed by atoms with E-state index >= 15 is 0 Å². The molecule has 1 aliphatic carbocycles. The molecule has 0 saturated heterocycles. The average Bonchev–Trinajstić information content (AvgIpc) is 2.29. The standard InChI is InChI=1S/C11H24N4O2S/c1-2-14-18(16,17)9-8-13-11(12)15-10-6-4-3-5-7-10/h10,14H,2-9H2,1H3,(H3,12,13,15). The molecule has 18 heavy (non-hydrogen) atoms. The van der Waals surface area contributed by atoms with E-state index in [-0.39, 0.29) is 12.3 Å². The van der Waals surface area contributed by atoms with E-state index in [1.807, 2.05) is 0 Å². The Morgan fingerprint density at radius 3 is 2.61 bits per heavy atom. The van der Waals surface area contributed by atoms with Crippen LogP contribution in [0.2, 0.25) is 0 Å². The number of nitrogens with two attached hydrogens (primary N) is 1. The molecule has 1 fully saturated rings. The third kappa shape index (κ3) is 6.20. The number of nitrogens with one attached hydrogen (secondary N) is 2. The van der Waals surface area contributed by atoms with Crippen molar-refractivity contribution < 1.29 is 8.42 Å². The first kappa shape index (κ1) is 15.2. The van der Waals surface area contributed by atoms with E-state index in [9.17, 15) is 8.42 Å². The van der Waals surface area contributed by atoms with Crippen LogP contribution < -0.4 is 15.8 Å². The van der Waals surface area contributed by atoms with Crippen molar-refractivity contribution in [2.24, 2.45) is 10.7 Å². The van der Waals surface area contributed by atoms with Gasteiger partial charge < -0.3 is 11.1 Å². The van der Waals surface area contributed by atoms with Crippen LogP contribution in [0.15, 0.2) is 4.99 Å². The molecule has 1 rings (SSSR count). The molecule has 0 amide bonds. The number of hydrogen-bond donors (Lipinski definition) is 3. The van der Waals surface area contributed by atoms with Gasteiger partial charge >= 0.3 is 0 Å². The van der Waals surface area contributed by atoms with Gasteiger partial charge in [-0.05, 0) is 12.8 Å². The van der Waals surface area contributed by atoms with Gasteiger partial charge in [-0.1, -0.05) is 26.2 Å². The van der Waals surface area contributed by atoms with E-state index in [1.165, 1.54) is 19.3 Å². The van der Waals surface area contributed by atoms with E-state index in [1.54, 1.807) is 6.92 Å². The van der Waals surface area contributed by atoms with Crippen molar-refractivity contribution in [1.29, 1.82) is 0 Å². The van der Waals surface area contributed by atoms with Crippen molar-refractivity contribution >= 4 is 16.0 Å². The highest BCUT2D eigenvalue weighted by atomic mass is 32.2. The maximum absolute atomic E-state index is 11.4. The zero-order valence-electron chi connectivity index (χ0n) is 11.0. The SMILES string of the molecule is CCNS(=O)(=O)CCN=C(N)NC1CCCCC1. The summed E-state index contributed by atoms with van der Waals surface area (Å²) in [4.78, 5) is 4.05. The smallest absolute Gasteiger partial charge is 0.213 e. The number of hydrogen-bond acceptors (Lipinski definition) is 3. The fraction of sp³-hybridized carbons (Fsp3) is 0.909. The molecule has 6 nitrogen and oxygen atoms in total. The minimum absolute atomic E-state index is 0.0200.